The van der Waals surface area contributed by atoms with E-state index in [0.717, 1.165) is 5.56 Å². The van der Waals surface area contributed by atoms with Crippen LogP contribution in [0.4, 0.5) is 5.69 Å². The molecule has 0 atom stereocenters. The molecule has 0 aliphatic heterocycles. The molecule has 0 aromatic heterocycles. The van der Waals surface area contributed by atoms with Crippen molar-refractivity contribution >= 4 is 29.1 Å². The lowest BCUT2D eigenvalue weighted by molar-refractivity contribution is -0.132. The van der Waals surface area contributed by atoms with E-state index in [2.05, 4.69) is 5.32 Å². The lowest BCUT2D eigenvalue weighted by Crippen LogP contribution is -2.35. The van der Waals surface area contributed by atoms with Gasteiger partial charge in [-0.2, -0.15) is 0 Å². The molecular weight excluding hydrogens is 356 g/mol. The largest absolute Gasteiger partial charge is 0.493 e. The number of halogens is 1. The number of methoxy groups -OCH3 is 2. The number of carbonyl (C=O) groups excluding carboxylic acids is 2. The predicted octanol–water partition coefficient (Wildman–Crippen LogP) is 3.00. The fourth-order valence-electron chi connectivity index (χ4n) is 2.34. The SMILES string of the molecule is COc1ccc(CC(=O)N(C)CC(=O)Nc2ccc(Cl)cc2)cc1OC. The molecule has 0 radical (unpaired) electrons. The molecule has 2 aromatic carbocycles. The molecule has 0 aliphatic carbocycles. The zero-order valence-corrected chi connectivity index (χ0v) is 15.7. The minimum Gasteiger partial charge on any atom is -0.493 e. The van der Waals surface area contributed by atoms with Gasteiger partial charge < -0.3 is 19.7 Å². The maximum absolute atomic E-state index is 12.4. The van der Waals surface area contributed by atoms with Gasteiger partial charge in [0.1, 0.15) is 0 Å². The highest BCUT2D eigenvalue weighted by molar-refractivity contribution is 6.30. The summed E-state index contributed by atoms with van der Waals surface area (Å²) < 4.78 is 10.4. The number of amides is 2. The van der Waals surface area contributed by atoms with Gasteiger partial charge in [-0.15, -0.1) is 0 Å². The van der Waals surface area contributed by atoms with Crippen molar-refractivity contribution in [2.75, 3.05) is 33.1 Å². The van der Waals surface area contributed by atoms with E-state index in [1.807, 2.05) is 0 Å². The zero-order valence-electron chi connectivity index (χ0n) is 14.9. The number of rotatable bonds is 7. The van der Waals surface area contributed by atoms with E-state index in [0.29, 0.717) is 22.2 Å². The van der Waals surface area contributed by atoms with Gasteiger partial charge in [0, 0.05) is 17.8 Å². The molecule has 2 rings (SSSR count). The van der Waals surface area contributed by atoms with Crippen molar-refractivity contribution in [3.05, 3.63) is 53.1 Å². The van der Waals surface area contributed by atoms with Crippen molar-refractivity contribution in [1.82, 2.24) is 4.90 Å². The van der Waals surface area contributed by atoms with Crippen molar-refractivity contribution in [1.29, 1.82) is 0 Å². The zero-order chi connectivity index (χ0) is 19.1. The quantitative estimate of drug-likeness (QED) is 0.806. The molecule has 138 valence electrons. The number of likely N-dealkylation sites (N-methyl/N-ethyl adjacent to an activating group) is 1. The molecule has 0 spiro atoms. The Morgan fingerprint density at radius 2 is 1.69 bits per heavy atom. The fraction of sp³-hybridized carbons (Fsp3) is 0.263. The monoisotopic (exact) mass is 376 g/mol. The minimum atomic E-state index is -0.282. The normalized spacial score (nSPS) is 10.2. The maximum Gasteiger partial charge on any atom is 0.243 e. The van der Waals surface area contributed by atoms with Crippen LogP contribution >= 0.6 is 11.6 Å². The Labute approximate surface area is 157 Å². The Kier molecular flexibility index (Phi) is 6.86. The number of anilines is 1. The molecule has 0 bridgehead atoms. The van der Waals surface area contributed by atoms with Crippen LogP contribution in [0.15, 0.2) is 42.5 Å². The van der Waals surface area contributed by atoms with Crippen LogP contribution in [0.5, 0.6) is 11.5 Å². The Morgan fingerprint density at radius 3 is 2.31 bits per heavy atom. The Hall–Kier alpha value is -2.73. The number of benzene rings is 2. The fourth-order valence-corrected chi connectivity index (χ4v) is 2.46. The van der Waals surface area contributed by atoms with Crippen LogP contribution in [0.1, 0.15) is 5.56 Å². The van der Waals surface area contributed by atoms with Gasteiger partial charge in [0.05, 0.1) is 27.2 Å². The first kappa shape index (κ1) is 19.6. The Morgan fingerprint density at radius 1 is 1.04 bits per heavy atom. The second kappa shape index (κ2) is 9.10. The number of hydrogen-bond donors (Lipinski definition) is 1. The summed E-state index contributed by atoms with van der Waals surface area (Å²) in [4.78, 5) is 25.8. The van der Waals surface area contributed by atoms with E-state index in [-0.39, 0.29) is 24.8 Å². The summed E-state index contributed by atoms with van der Waals surface area (Å²) in [5.41, 5.74) is 1.40. The smallest absolute Gasteiger partial charge is 0.243 e. The van der Waals surface area contributed by atoms with Crippen LogP contribution in [0.3, 0.4) is 0 Å². The third-order valence-corrected chi connectivity index (χ3v) is 3.99. The summed E-state index contributed by atoms with van der Waals surface area (Å²) in [5.74, 6) is 0.694. The molecule has 26 heavy (non-hydrogen) atoms. The molecule has 0 aliphatic rings. The van der Waals surface area contributed by atoms with Gasteiger partial charge >= 0.3 is 0 Å². The molecule has 0 fully saturated rings. The van der Waals surface area contributed by atoms with Crippen molar-refractivity contribution in [2.24, 2.45) is 0 Å². The molecule has 2 amide bonds. The van der Waals surface area contributed by atoms with Crippen LogP contribution < -0.4 is 14.8 Å². The van der Waals surface area contributed by atoms with Gasteiger partial charge in [-0.3, -0.25) is 9.59 Å². The Bertz CT molecular complexity index is 778. The number of ether oxygens (including phenoxy) is 2. The van der Waals surface area contributed by atoms with Crippen LogP contribution in [-0.2, 0) is 16.0 Å². The molecule has 7 heteroatoms. The predicted molar refractivity (Wildman–Crippen MR) is 101 cm³/mol. The molecule has 2 aromatic rings. The number of nitrogens with one attached hydrogen (secondary N) is 1. The summed E-state index contributed by atoms with van der Waals surface area (Å²) in [6.07, 6.45) is 0.158. The van der Waals surface area contributed by atoms with Crippen LogP contribution in [0.25, 0.3) is 0 Å². The highest BCUT2D eigenvalue weighted by Gasteiger charge is 2.15. The summed E-state index contributed by atoms with van der Waals surface area (Å²) in [6.45, 7) is -0.0469. The minimum absolute atomic E-state index is 0.0469. The lowest BCUT2D eigenvalue weighted by atomic mass is 10.1. The average molecular weight is 377 g/mol. The summed E-state index contributed by atoms with van der Waals surface area (Å²) in [6, 6.07) is 12.1. The number of hydrogen-bond acceptors (Lipinski definition) is 4. The summed E-state index contributed by atoms with van der Waals surface area (Å²) >= 11 is 5.81. The van der Waals surface area contributed by atoms with Crippen molar-refractivity contribution in [2.45, 2.75) is 6.42 Å². The molecule has 6 nitrogen and oxygen atoms in total. The van der Waals surface area contributed by atoms with E-state index in [1.165, 1.54) is 12.0 Å². The Balaban J connectivity index is 1.92. The van der Waals surface area contributed by atoms with Gasteiger partial charge in [0.15, 0.2) is 11.5 Å². The first-order valence-corrected chi connectivity index (χ1v) is 8.31. The van der Waals surface area contributed by atoms with Crippen molar-refractivity contribution in [3.8, 4) is 11.5 Å². The second-order valence-corrected chi connectivity index (χ2v) is 6.11. The first-order chi connectivity index (χ1) is 12.4. The number of carbonyl (C=O) groups is 2. The lowest BCUT2D eigenvalue weighted by Gasteiger charge is -2.17. The van der Waals surface area contributed by atoms with Gasteiger partial charge in [0.2, 0.25) is 11.8 Å². The van der Waals surface area contributed by atoms with E-state index in [4.69, 9.17) is 21.1 Å². The van der Waals surface area contributed by atoms with E-state index in [1.54, 1.807) is 56.6 Å². The molecule has 0 saturated carbocycles. The summed E-state index contributed by atoms with van der Waals surface area (Å²) in [5, 5.41) is 3.31. The average Bonchev–Trinajstić information content (AvgIpc) is 2.63. The second-order valence-electron chi connectivity index (χ2n) is 5.67. The first-order valence-electron chi connectivity index (χ1n) is 7.93. The topological polar surface area (TPSA) is 67.9 Å². The van der Waals surface area contributed by atoms with E-state index in [9.17, 15) is 9.59 Å². The number of nitrogens with zero attached hydrogens (tertiary/aromatic N) is 1. The third-order valence-electron chi connectivity index (χ3n) is 3.74. The van der Waals surface area contributed by atoms with Crippen molar-refractivity contribution < 1.29 is 19.1 Å². The van der Waals surface area contributed by atoms with Crippen LogP contribution in [-0.4, -0.2) is 44.5 Å². The van der Waals surface area contributed by atoms with Gasteiger partial charge in [-0.25, -0.2) is 0 Å². The summed E-state index contributed by atoms with van der Waals surface area (Å²) in [7, 11) is 4.68. The highest BCUT2D eigenvalue weighted by Crippen LogP contribution is 2.27. The van der Waals surface area contributed by atoms with Crippen LogP contribution in [0.2, 0.25) is 5.02 Å². The van der Waals surface area contributed by atoms with Gasteiger partial charge in [-0.05, 0) is 42.0 Å². The molecule has 1 N–H and O–H groups in total. The van der Waals surface area contributed by atoms with Crippen LogP contribution in [0, 0.1) is 0 Å². The van der Waals surface area contributed by atoms with Gasteiger partial charge in [-0.1, -0.05) is 17.7 Å². The third kappa shape index (κ3) is 5.39. The maximum atomic E-state index is 12.4. The molecular formula is C19H21ClN2O4. The van der Waals surface area contributed by atoms with E-state index < -0.39 is 0 Å². The molecule has 0 unspecified atom stereocenters. The van der Waals surface area contributed by atoms with Crippen molar-refractivity contribution in [3.63, 3.8) is 0 Å². The standard InChI is InChI=1S/C19H21ClN2O4/c1-22(12-18(23)21-15-7-5-14(20)6-8-15)19(24)11-13-4-9-16(25-2)17(10-13)26-3/h4-10H,11-12H2,1-3H3,(H,21,23). The highest BCUT2D eigenvalue weighted by atomic mass is 35.5. The molecule has 0 saturated heterocycles. The molecule has 0 heterocycles. The van der Waals surface area contributed by atoms with E-state index >= 15 is 0 Å². The van der Waals surface area contributed by atoms with Gasteiger partial charge in [0.25, 0.3) is 0 Å².